The van der Waals surface area contributed by atoms with E-state index in [-0.39, 0.29) is 5.91 Å². The molecule has 0 aliphatic carbocycles. The Hall–Kier alpha value is -1.71. The third-order valence-electron chi connectivity index (χ3n) is 2.73. The minimum Gasteiger partial charge on any atom is -0.320 e. The first-order valence-electron chi connectivity index (χ1n) is 5.78. The Balaban J connectivity index is 1.96. The molecule has 0 unspecified atom stereocenters. The number of carbonyl (C=O) groups excluding carboxylic acids is 1. The van der Waals surface area contributed by atoms with E-state index in [0.29, 0.717) is 9.93 Å². The van der Waals surface area contributed by atoms with Gasteiger partial charge >= 0.3 is 0 Å². The molecule has 3 rings (SSSR count). The molecule has 2 nitrogen and oxygen atoms in total. The molecule has 1 N–H and O–H groups in total. The number of anilines is 1. The second kappa shape index (κ2) is 5.11. The number of hydrogen-bond acceptors (Lipinski definition) is 2. The number of para-hydroxylation sites is 1. The van der Waals surface area contributed by atoms with Crippen LogP contribution in [0.25, 0.3) is 6.08 Å². The topological polar surface area (TPSA) is 29.1 Å². The van der Waals surface area contributed by atoms with Crippen molar-refractivity contribution in [1.29, 1.82) is 0 Å². The quantitative estimate of drug-likeness (QED) is 0.786. The summed E-state index contributed by atoms with van der Waals surface area (Å²) < 4.78 is 0. The van der Waals surface area contributed by atoms with Gasteiger partial charge in [-0.3, -0.25) is 4.79 Å². The monoisotopic (exact) mass is 287 g/mol. The van der Waals surface area contributed by atoms with Crippen LogP contribution in [0.4, 0.5) is 5.69 Å². The smallest absolute Gasteiger partial charge is 0.262 e. The molecule has 0 aromatic heterocycles. The van der Waals surface area contributed by atoms with Gasteiger partial charge in [-0.2, -0.15) is 0 Å². The lowest BCUT2D eigenvalue weighted by molar-refractivity contribution is -0.112. The summed E-state index contributed by atoms with van der Waals surface area (Å²) in [5.41, 5.74) is 1.78. The van der Waals surface area contributed by atoms with Crippen LogP contribution in [-0.2, 0) is 4.79 Å². The number of amides is 1. The van der Waals surface area contributed by atoms with Crippen LogP contribution < -0.4 is 5.32 Å². The highest BCUT2D eigenvalue weighted by Gasteiger charge is 2.20. The Labute approximate surface area is 120 Å². The maximum absolute atomic E-state index is 12.0. The number of hydrogen-bond donors (Lipinski definition) is 1. The van der Waals surface area contributed by atoms with Crippen molar-refractivity contribution in [3.63, 3.8) is 0 Å². The molecule has 0 atom stereocenters. The van der Waals surface area contributed by atoms with E-state index in [4.69, 9.17) is 11.6 Å². The fraction of sp³-hybridized carbons (Fsp3) is 0. The zero-order valence-electron chi connectivity index (χ0n) is 9.89. The van der Waals surface area contributed by atoms with Gasteiger partial charge in [-0.05, 0) is 35.9 Å². The molecule has 0 spiro atoms. The van der Waals surface area contributed by atoms with Crippen molar-refractivity contribution in [3.05, 3.63) is 64.0 Å². The summed E-state index contributed by atoms with van der Waals surface area (Å²) in [6.45, 7) is 0. The Bertz CT molecular complexity index is 681. The van der Waals surface area contributed by atoms with E-state index < -0.39 is 0 Å². The fourth-order valence-corrected chi connectivity index (χ4v) is 3.00. The highest BCUT2D eigenvalue weighted by atomic mass is 35.5. The lowest BCUT2D eigenvalue weighted by atomic mass is 10.2. The minimum atomic E-state index is -0.0799. The number of nitrogens with one attached hydrogen (secondary N) is 1. The second-order valence-electron chi connectivity index (χ2n) is 4.12. The fourth-order valence-electron chi connectivity index (χ4n) is 1.85. The maximum Gasteiger partial charge on any atom is 0.262 e. The summed E-state index contributed by atoms with van der Waals surface area (Å²) in [6, 6.07) is 15.2. The van der Waals surface area contributed by atoms with Crippen molar-refractivity contribution in [2.24, 2.45) is 0 Å². The number of fused-ring (bicyclic) bond motifs is 1. The number of rotatable bonds is 1. The van der Waals surface area contributed by atoms with Gasteiger partial charge in [0.05, 0.1) is 10.6 Å². The molecule has 2 aromatic rings. The number of thioether (sulfide) groups is 1. The zero-order chi connectivity index (χ0) is 13.2. The minimum absolute atomic E-state index is 0.0799. The highest BCUT2D eigenvalue weighted by Crippen LogP contribution is 2.38. The van der Waals surface area contributed by atoms with Gasteiger partial charge in [0.1, 0.15) is 0 Å². The molecule has 0 radical (unpaired) electrons. The van der Waals surface area contributed by atoms with Crippen LogP contribution in [0.15, 0.2) is 58.3 Å². The van der Waals surface area contributed by atoms with Gasteiger partial charge in [-0.25, -0.2) is 0 Å². The van der Waals surface area contributed by atoms with E-state index in [9.17, 15) is 4.79 Å². The number of carbonyl (C=O) groups is 1. The average Bonchev–Trinajstić information content (AvgIpc) is 2.40. The molecular formula is C15H10ClNOS. The van der Waals surface area contributed by atoms with Gasteiger partial charge in [0.2, 0.25) is 0 Å². The van der Waals surface area contributed by atoms with E-state index in [0.717, 1.165) is 16.1 Å². The van der Waals surface area contributed by atoms with E-state index >= 15 is 0 Å². The first-order valence-corrected chi connectivity index (χ1v) is 6.97. The Morgan fingerprint density at radius 2 is 1.95 bits per heavy atom. The lowest BCUT2D eigenvalue weighted by Gasteiger charge is -2.18. The van der Waals surface area contributed by atoms with E-state index in [1.165, 1.54) is 11.8 Å². The molecule has 4 heteroatoms. The van der Waals surface area contributed by atoms with Crippen molar-refractivity contribution in [2.45, 2.75) is 4.90 Å². The molecule has 1 aliphatic heterocycles. The van der Waals surface area contributed by atoms with Crippen molar-refractivity contribution in [1.82, 2.24) is 0 Å². The van der Waals surface area contributed by atoms with Crippen LogP contribution in [0.2, 0.25) is 5.02 Å². The number of benzene rings is 2. The summed E-state index contributed by atoms with van der Waals surface area (Å²) in [7, 11) is 0. The highest BCUT2D eigenvalue weighted by molar-refractivity contribution is 8.04. The molecule has 1 heterocycles. The lowest BCUT2D eigenvalue weighted by Crippen LogP contribution is -2.16. The normalized spacial score (nSPS) is 16.1. The van der Waals surface area contributed by atoms with Crippen LogP contribution in [0.1, 0.15) is 5.56 Å². The van der Waals surface area contributed by atoms with E-state index in [2.05, 4.69) is 5.32 Å². The van der Waals surface area contributed by atoms with Crippen LogP contribution in [-0.4, -0.2) is 5.91 Å². The number of halogens is 1. The first kappa shape index (κ1) is 12.3. The molecule has 0 bridgehead atoms. The average molecular weight is 288 g/mol. The zero-order valence-corrected chi connectivity index (χ0v) is 11.5. The third-order valence-corrected chi connectivity index (χ3v) is 4.06. The molecule has 1 aliphatic rings. The maximum atomic E-state index is 12.0. The standard InChI is InChI=1S/C15H10ClNOS/c16-11-5-3-4-10(8-11)9-14-15(18)17-12-6-1-2-7-13(12)19-14/h1-9H,(H,17,18)/b14-9-. The summed E-state index contributed by atoms with van der Waals surface area (Å²) in [6.07, 6.45) is 1.85. The summed E-state index contributed by atoms with van der Waals surface area (Å²) in [5, 5.41) is 3.55. The van der Waals surface area contributed by atoms with Crippen LogP contribution >= 0.6 is 23.4 Å². The SMILES string of the molecule is O=C1Nc2ccccc2S/C1=C\c1cccc(Cl)c1. The van der Waals surface area contributed by atoms with Gasteiger partial charge in [0, 0.05) is 9.92 Å². The molecule has 94 valence electrons. The summed E-state index contributed by atoms with van der Waals surface area (Å²) in [5.74, 6) is -0.0799. The van der Waals surface area contributed by atoms with Crippen LogP contribution in [0.5, 0.6) is 0 Å². The predicted octanol–water partition coefficient (Wildman–Crippen LogP) is 4.43. The summed E-state index contributed by atoms with van der Waals surface area (Å²) >= 11 is 7.42. The molecule has 0 fully saturated rings. The van der Waals surface area contributed by atoms with Crippen molar-refractivity contribution >= 4 is 41.0 Å². The predicted molar refractivity (Wildman–Crippen MR) is 80.4 cm³/mol. The first-order chi connectivity index (χ1) is 9.22. The largest absolute Gasteiger partial charge is 0.320 e. The Morgan fingerprint density at radius 1 is 1.11 bits per heavy atom. The summed E-state index contributed by atoms with van der Waals surface area (Å²) in [4.78, 5) is 13.7. The second-order valence-corrected chi connectivity index (χ2v) is 5.64. The van der Waals surface area contributed by atoms with E-state index in [1.807, 2.05) is 54.6 Å². The molecular weight excluding hydrogens is 278 g/mol. The molecule has 19 heavy (non-hydrogen) atoms. The van der Waals surface area contributed by atoms with Gasteiger partial charge in [0.15, 0.2) is 0 Å². The molecule has 1 amide bonds. The van der Waals surface area contributed by atoms with Crippen molar-refractivity contribution in [2.75, 3.05) is 5.32 Å². The third kappa shape index (κ3) is 2.67. The Morgan fingerprint density at radius 3 is 2.79 bits per heavy atom. The van der Waals surface area contributed by atoms with Crippen molar-refractivity contribution in [3.8, 4) is 0 Å². The van der Waals surface area contributed by atoms with E-state index in [1.54, 1.807) is 0 Å². The molecule has 0 saturated heterocycles. The molecule has 2 aromatic carbocycles. The van der Waals surface area contributed by atoms with Crippen molar-refractivity contribution < 1.29 is 4.79 Å². The van der Waals surface area contributed by atoms with Gasteiger partial charge < -0.3 is 5.32 Å². The van der Waals surface area contributed by atoms with Gasteiger partial charge in [-0.1, -0.05) is 47.6 Å². The van der Waals surface area contributed by atoms with Gasteiger partial charge in [0.25, 0.3) is 5.91 Å². The van der Waals surface area contributed by atoms with Gasteiger partial charge in [-0.15, -0.1) is 0 Å². The van der Waals surface area contributed by atoms with Crippen LogP contribution in [0.3, 0.4) is 0 Å². The van der Waals surface area contributed by atoms with Crippen LogP contribution in [0, 0.1) is 0 Å². The molecule has 0 saturated carbocycles. The Kier molecular flexibility index (Phi) is 3.32.